The molecule has 1 fully saturated rings. The topological polar surface area (TPSA) is 58.6 Å². The van der Waals surface area contributed by atoms with E-state index in [1.807, 2.05) is 18.7 Å². The van der Waals surface area contributed by atoms with Crippen LogP contribution < -0.4 is 4.90 Å². The molecule has 0 radical (unpaired) electrons. The van der Waals surface area contributed by atoms with Gasteiger partial charge >= 0.3 is 0 Å². The Kier molecular flexibility index (Phi) is 5.26. The molecular weight excluding hydrogens is 359 g/mol. The third-order valence-corrected chi connectivity index (χ3v) is 5.26. The van der Waals surface area contributed by atoms with Crippen LogP contribution >= 0.6 is 0 Å². The van der Waals surface area contributed by atoms with Crippen molar-refractivity contribution >= 4 is 11.7 Å². The SMILES string of the molecule is CC(C)C(=O)N1CCc2nc(-c3ccc(F)cc3)nc(N3CCOCC3)c2C1. The van der Waals surface area contributed by atoms with Crippen molar-refractivity contribution in [1.82, 2.24) is 14.9 Å². The largest absolute Gasteiger partial charge is 0.378 e. The van der Waals surface area contributed by atoms with Crippen molar-refractivity contribution < 1.29 is 13.9 Å². The molecule has 148 valence electrons. The zero-order chi connectivity index (χ0) is 19.7. The Morgan fingerprint density at radius 2 is 1.82 bits per heavy atom. The molecular formula is C21H25FN4O2. The summed E-state index contributed by atoms with van der Waals surface area (Å²) in [7, 11) is 0. The molecule has 0 atom stereocenters. The van der Waals surface area contributed by atoms with Crippen molar-refractivity contribution in [3.05, 3.63) is 41.3 Å². The van der Waals surface area contributed by atoms with Gasteiger partial charge in [0.25, 0.3) is 0 Å². The Morgan fingerprint density at radius 1 is 1.11 bits per heavy atom. The first-order valence-corrected chi connectivity index (χ1v) is 9.80. The van der Waals surface area contributed by atoms with E-state index in [1.165, 1.54) is 12.1 Å². The van der Waals surface area contributed by atoms with E-state index >= 15 is 0 Å². The molecule has 3 heterocycles. The van der Waals surface area contributed by atoms with Gasteiger partial charge in [0.15, 0.2) is 5.82 Å². The Morgan fingerprint density at radius 3 is 2.50 bits per heavy atom. The number of hydrogen-bond donors (Lipinski definition) is 0. The molecule has 28 heavy (non-hydrogen) atoms. The second-order valence-corrected chi connectivity index (χ2v) is 7.57. The first-order valence-electron chi connectivity index (χ1n) is 9.80. The summed E-state index contributed by atoms with van der Waals surface area (Å²) in [4.78, 5) is 26.3. The van der Waals surface area contributed by atoms with Gasteiger partial charge in [0.2, 0.25) is 5.91 Å². The molecule has 2 aliphatic heterocycles. The van der Waals surface area contributed by atoms with Gasteiger partial charge in [0, 0.05) is 43.1 Å². The normalized spacial score (nSPS) is 17.0. The number of fused-ring (bicyclic) bond motifs is 1. The second kappa shape index (κ2) is 7.83. The minimum Gasteiger partial charge on any atom is -0.378 e. The summed E-state index contributed by atoms with van der Waals surface area (Å²) in [5.41, 5.74) is 2.79. The lowest BCUT2D eigenvalue weighted by Crippen LogP contribution is -2.42. The van der Waals surface area contributed by atoms with Crippen molar-refractivity contribution in [2.45, 2.75) is 26.8 Å². The van der Waals surface area contributed by atoms with Crippen LogP contribution in [0, 0.1) is 11.7 Å². The van der Waals surface area contributed by atoms with Gasteiger partial charge in [0.1, 0.15) is 11.6 Å². The van der Waals surface area contributed by atoms with Gasteiger partial charge in [0.05, 0.1) is 25.5 Å². The van der Waals surface area contributed by atoms with Crippen LogP contribution in [0.25, 0.3) is 11.4 Å². The molecule has 7 heteroatoms. The maximum Gasteiger partial charge on any atom is 0.225 e. The zero-order valence-corrected chi connectivity index (χ0v) is 16.3. The van der Waals surface area contributed by atoms with Crippen LogP contribution in [0.3, 0.4) is 0 Å². The summed E-state index contributed by atoms with van der Waals surface area (Å²) in [6.07, 6.45) is 0.696. The third kappa shape index (κ3) is 3.71. The Bertz CT molecular complexity index is 863. The predicted octanol–water partition coefficient (Wildman–Crippen LogP) is 2.66. The molecule has 1 amide bonds. The van der Waals surface area contributed by atoms with Gasteiger partial charge in [-0.2, -0.15) is 0 Å². The number of anilines is 1. The molecule has 1 aromatic carbocycles. The molecule has 0 saturated carbocycles. The number of carbonyl (C=O) groups excluding carboxylic acids is 1. The van der Waals surface area contributed by atoms with E-state index in [4.69, 9.17) is 14.7 Å². The van der Waals surface area contributed by atoms with Gasteiger partial charge in [-0.05, 0) is 24.3 Å². The maximum atomic E-state index is 13.3. The monoisotopic (exact) mass is 384 g/mol. The van der Waals surface area contributed by atoms with Crippen LogP contribution in [0.4, 0.5) is 10.2 Å². The summed E-state index contributed by atoms with van der Waals surface area (Å²) in [5, 5.41) is 0. The number of aromatic nitrogens is 2. The highest BCUT2D eigenvalue weighted by atomic mass is 19.1. The van der Waals surface area contributed by atoms with E-state index < -0.39 is 0 Å². The van der Waals surface area contributed by atoms with E-state index in [9.17, 15) is 9.18 Å². The van der Waals surface area contributed by atoms with Gasteiger partial charge in [-0.3, -0.25) is 4.79 Å². The third-order valence-electron chi connectivity index (χ3n) is 5.26. The number of carbonyl (C=O) groups is 1. The summed E-state index contributed by atoms with van der Waals surface area (Å²) >= 11 is 0. The fourth-order valence-electron chi connectivity index (χ4n) is 3.71. The average molecular weight is 384 g/mol. The fraction of sp³-hybridized carbons (Fsp3) is 0.476. The van der Waals surface area contributed by atoms with Crippen LogP contribution in [0.15, 0.2) is 24.3 Å². The highest BCUT2D eigenvalue weighted by Crippen LogP contribution is 2.30. The number of hydrogen-bond acceptors (Lipinski definition) is 5. The Balaban J connectivity index is 1.75. The van der Waals surface area contributed by atoms with Crippen molar-refractivity contribution in [2.75, 3.05) is 37.7 Å². The number of amides is 1. The van der Waals surface area contributed by atoms with Crippen LogP contribution in [-0.2, 0) is 22.5 Å². The van der Waals surface area contributed by atoms with Crippen LogP contribution in [0.2, 0.25) is 0 Å². The van der Waals surface area contributed by atoms with E-state index in [2.05, 4.69) is 4.90 Å². The average Bonchev–Trinajstić information content (AvgIpc) is 2.73. The van der Waals surface area contributed by atoms with Crippen LogP contribution in [0.1, 0.15) is 25.1 Å². The van der Waals surface area contributed by atoms with E-state index in [1.54, 1.807) is 12.1 Å². The lowest BCUT2D eigenvalue weighted by molar-refractivity contribution is -0.135. The van der Waals surface area contributed by atoms with Gasteiger partial charge in [-0.15, -0.1) is 0 Å². The van der Waals surface area contributed by atoms with Gasteiger partial charge in [-0.25, -0.2) is 14.4 Å². The molecule has 0 spiro atoms. The first kappa shape index (κ1) is 18.8. The van der Waals surface area contributed by atoms with Crippen molar-refractivity contribution in [3.8, 4) is 11.4 Å². The number of morpholine rings is 1. The number of benzene rings is 1. The minimum atomic E-state index is -0.280. The molecule has 0 N–H and O–H groups in total. The maximum absolute atomic E-state index is 13.3. The molecule has 2 aromatic rings. The summed E-state index contributed by atoms with van der Waals surface area (Å²) in [6, 6.07) is 6.26. The fourth-order valence-corrected chi connectivity index (χ4v) is 3.71. The van der Waals surface area contributed by atoms with E-state index in [0.717, 1.165) is 35.7 Å². The minimum absolute atomic E-state index is 0.0345. The molecule has 6 nitrogen and oxygen atoms in total. The lowest BCUT2D eigenvalue weighted by Gasteiger charge is -2.35. The zero-order valence-electron chi connectivity index (χ0n) is 16.3. The number of halogens is 1. The van der Waals surface area contributed by atoms with Crippen molar-refractivity contribution in [3.63, 3.8) is 0 Å². The summed E-state index contributed by atoms with van der Waals surface area (Å²) in [6.45, 7) is 7.85. The van der Waals surface area contributed by atoms with Gasteiger partial charge in [-0.1, -0.05) is 13.8 Å². The molecule has 0 unspecified atom stereocenters. The quantitative estimate of drug-likeness (QED) is 0.814. The Hall–Kier alpha value is -2.54. The molecule has 0 bridgehead atoms. The highest BCUT2D eigenvalue weighted by Gasteiger charge is 2.29. The Labute approximate surface area is 164 Å². The predicted molar refractivity (Wildman–Crippen MR) is 104 cm³/mol. The molecule has 0 aliphatic carbocycles. The second-order valence-electron chi connectivity index (χ2n) is 7.57. The van der Waals surface area contributed by atoms with E-state index in [0.29, 0.717) is 38.5 Å². The lowest BCUT2D eigenvalue weighted by atomic mass is 10.0. The molecule has 1 aromatic heterocycles. The number of nitrogens with zero attached hydrogens (tertiary/aromatic N) is 4. The van der Waals surface area contributed by atoms with Gasteiger partial charge < -0.3 is 14.5 Å². The van der Waals surface area contributed by atoms with E-state index in [-0.39, 0.29) is 17.6 Å². The van der Waals surface area contributed by atoms with Crippen LogP contribution in [0.5, 0.6) is 0 Å². The molecule has 1 saturated heterocycles. The molecule has 2 aliphatic rings. The number of rotatable bonds is 3. The highest BCUT2D eigenvalue weighted by molar-refractivity contribution is 5.78. The van der Waals surface area contributed by atoms with Crippen LogP contribution in [-0.4, -0.2) is 53.6 Å². The summed E-state index contributed by atoms with van der Waals surface area (Å²) in [5.74, 6) is 1.31. The number of ether oxygens (including phenoxy) is 1. The first-order chi connectivity index (χ1) is 13.5. The summed E-state index contributed by atoms with van der Waals surface area (Å²) < 4.78 is 18.8. The standard InChI is InChI=1S/C21H25FN4O2/c1-14(2)21(27)26-8-7-18-17(13-26)20(25-9-11-28-12-10-25)24-19(23-18)15-3-5-16(22)6-4-15/h3-6,14H,7-13H2,1-2H3. The van der Waals surface area contributed by atoms with Crippen molar-refractivity contribution in [2.24, 2.45) is 5.92 Å². The smallest absolute Gasteiger partial charge is 0.225 e. The molecule has 4 rings (SSSR count). The van der Waals surface area contributed by atoms with Crippen molar-refractivity contribution in [1.29, 1.82) is 0 Å².